The molecule has 1 amide bonds. The van der Waals surface area contributed by atoms with E-state index in [4.69, 9.17) is 10.5 Å². The number of anilines is 1. The van der Waals surface area contributed by atoms with Gasteiger partial charge in [-0.1, -0.05) is 12.1 Å². The third-order valence-electron chi connectivity index (χ3n) is 3.16. The van der Waals surface area contributed by atoms with Gasteiger partial charge in [-0.05, 0) is 30.5 Å². The Morgan fingerprint density at radius 1 is 1.43 bits per heavy atom. The Morgan fingerprint density at radius 3 is 2.81 bits per heavy atom. The molecule has 2 aromatic rings. The average molecular weight is 288 g/mol. The Bertz CT molecular complexity index is 552. The molecular formula is C15H20N4O2. The number of nitrogens with two attached hydrogens (primary N) is 1. The topological polar surface area (TPSA) is 93.0 Å². The zero-order chi connectivity index (χ0) is 15.1. The summed E-state index contributed by atoms with van der Waals surface area (Å²) in [6.45, 7) is 0.611. The Kier molecular flexibility index (Phi) is 5.48. The molecule has 0 fully saturated rings. The fraction of sp³-hybridized carbons (Fsp3) is 0.333. The molecule has 1 heterocycles. The number of nitrogens with one attached hydrogen (secondary N) is 2. The molecule has 4 N–H and O–H groups in total. The lowest BCUT2D eigenvalue weighted by atomic mass is 10.1. The van der Waals surface area contributed by atoms with Gasteiger partial charge in [-0.25, -0.2) is 4.98 Å². The summed E-state index contributed by atoms with van der Waals surface area (Å²) in [5.41, 5.74) is 8.50. The molecule has 6 nitrogen and oxygen atoms in total. The molecule has 6 heteroatoms. The van der Waals surface area contributed by atoms with Crippen molar-refractivity contribution >= 4 is 11.6 Å². The van der Waals surface area contributed by atoms with Crippen LogP contribution >= 0.6 is 0 Å². The van der Waals surface area contributed by atoms with Crippen molar-refractivity contribution < 1.29 is 9.53 Å². The fourth-order valence-corrected chi connectivity index (χ4v) is 1.96. The minimum absolute atomic E-state index is 0.180. The standard InChI is InChI=1S/C15H20N4O2/c1-21-8-2-3-13(16)15(20)19-12-6-4-11(5-7-12)14-9-17-10-18-14/h4-7,9-10,13H,2-3,8,16H2,1H3,(H,17,18)(H,19,20). The van der Waals surface area contributed by atoms with Crippen LogP contribution in [0, 0.1) is 0 Å². The van der Waals surface area contributed by atoms with E-state index in [1.807, 2.05) is 24.3 Å². The Balaban J connectivity index is 1.89. The van der Waals surface area contributed by atoms with Gasteiger partial charge < -0.3 is 20.8 Å². The number of methoxy groups -OCH3 is 1. The predicted molar refractivity (Wildman–Crippen MR) is 81.7 cm³/mol. The monoisotopic (exact) mass is 288 g/mol. The molecule has 0 bridgehead atoms. The first-order chi connectivity index (χ1) is 10.2. The van der Waals surface area contributed by atoms with Crippen molar-refractivity contribution in [2.75, 3.05) is 19.0 Å². The minimum Gasteiger partial charge on any atom is -0.385 e. The molecule has 21 heavy (non-hydrogen) atoms. The molecule has 1 unspecified atom stereocenters. The van der Waals surface area contributed by atoms with Crippen molar-refractivity contribution in [3.8, 4) is 11.3 Å². The summed E-state index contributed by atoms with van der Waals surface area (Å²) in [6, 6.07) is 7.00. The van der Waals surface area contributed by atoms with Crippen molar-refractivity contribution in [1.29, 1.82) is 0 Å². The molecule has 0 spiro atoms. The third kappa shape index (κ3) is 4.40. The number of rotatable bonds is 7. The number of nitrogens with zero attached hydrogens (tertiary/aromatic N) is 1. The SMILES string of the molecule is COCCCC(N)C(=O)Nc1ccc(-c2cnc[nH]2)cc1. The van der Waals surface area contributed by atoms with Gasteiger partial charge in [-0.15, -0.1) is 0 Å². The first kappa shape index (κ1) is 15.2. The van der Waals surface area contributed by atoms with Crippen LogP contribution < -0.4 is 11.1 Å². The van der Waals surface area contributed by atoms with Crippen LogP contribution in [0.4, 0.5) is 5.69 Å². The number of aromatic nitrogens is 2. The van der Waals surface area contributed by atoms with Crippen molar-refractivity contribution in [3.63, 3.8) is 0 Å². The summed E-state index contributed by atoms with van der Waals surface area (Å²) in [4.78, 5) is 18.9. The molecule has 0 radical (unpaired) electrons. The number of carbonyl (C=O) groups excluding carboxylic acids is 1. The maximum atomic E-state index is 11.9. The highest BCUT2D eigenvalue weighted by atomic mass is 16.5. The lowest BCUT2D eigenvalue weighted by molar-refractivity contribution is -0.117. The van der Waals surface area contributed by atoms with Crippen LogP contribution in [0.25, 0.3) is 11.3 Å². The van der Waals surface area contributed by atoms with E-state index < -0.39 is 6.04 Å². The van der Waals surface area contributed by atoms with Crippen LogP contribution in [-0.2, 0) is 9.53 Å². The van der Waals surface area contributed by atoms with Gasteiger partial charge in [-0.3, -0.25) is 4.79 Å². The van der Waals surface area contributed by atoms with Crippen LogP contribution in [0.2, 0.25) is 0 Å². The van der Waals surface area contributed by atoms with Crippen molar-refractivity contribution in [1.82, 2.24) is 9.97 Å². The summed E-state index contributed by atoms with van der Waals surface area (Å²) >= 11 is 0. The lowest BCUT2D eigenvalue weighted by Gasteiger charge is -2.12. The second-order valence-electron chi connectivity index (χ2n) is 4.77. The van der Waals surface area contributed by atoms with Crippen LogP contribution in [0.15, 0.2) is 36.8 Å². The molecule has 2 rings (SSSR count). The van der Waals surface area contributed by atoms with E-state index in [0.717, 1.165) is 23.4 Å². The van der Waals surface area contributed by atoms with E-state index in [1.165, 1.54) is 0 Å². The highest BCUT2D eigenvalue weighted by molar-refractivity contribution is 5.94. The molecule has 0 saturated carbocycles. The number of ether oxygens (including phenoxy) is 1. The molecule has 112 valence electrons. The quantitative estimate of drug-likeness (QED) is 0.677. The lowest BCUT2D eigenvalue weighted by Crippen LogP contribution is -2.35. The average Bonchev–Trinajstić information content (AvgIpc) is 3.02. The third-order valence-corrected chi connectivity index (χ3v) is 3.16. The van der Waals surface area contributed by atoms with Gasteiger partial charge in [0.25, 0.3) is 0 Å². The molecule has 1 aromatic carbocycles. The van der Waals surface area contributed by atoms with Gasteiger partial charge in [0.05, 0.1) is 24.3 Å². The Morgan fingerprint density at radius 2 is 2.19 bits per heavy atom. The van der Waals surface area contributed by atoms with Gasteiger partial charge in [0, 0.05) is 19.4 Å². The second kappa shape index (κ2) is 7.56. The van der Waals surface area contributed by atoms with Crippen LogP contribution in [0.3, 0.4) is 0 Å². The Hall–Kier alpha value is -2.18. The van der Waals surface area contributed by atoms with Gasteiger partial charge in [-0.2, -0.15) is 0 Å². The first-order valence-corrected chi connectivity index (χ1v) is 6.85. The van der Waals surface area contributed by atoms with Crippen LogP contribution in [0.1, 0.15) is 12.8 Å². The van der Waals surface area contributed by atoms with Gasteiger partial charge in [0.15, 0.2) is 0 Å². The summed E-state index contributed by atoms with van der Waals surface area (Å²) in [6.07, 6.45) is 4.75. The second-order valence-corrected chi connectivity index (χ2v) is 4.77. The Labute approximate surface area is 123 Å². The van der Waals surface area contributed by atoms with E-state index in [9.17, 15) is 4.79 Å². The van der Waals surface area contributed by atoms with Gasteiger partial charge in [0.1, 0.15) is 0 Å². The maximum absolute atomic E-state index is 11.9. The number of hydrogen-bond acceptors (Lipinski definition) is 4. The highest BCUT2D eigenvalue weighted by Gasteiger charge is 2.13. The summed E-state index contributed by atoms with van der Waals surface area (Å²) in [7, 11) is 1.63. The maximum Gasteiger partial charge on any atom is 0.241 e. The zero-order valence-electron chi connectivity index (χ0n) is 12.0. The van der Waals surface area contributed by atoms with E-state index in [2.05, 4.69) is 15.3 Å². The highest BCUT2D eigenvalue weighted by Crippen LogP contribution is 2.18. The van der Waals surface area contributed by atoms with E-state index >= 15 is 0 Å². The smallest absolute Gasteiger partial charge is 0.241 e. The van der Waals surface area contributed by atoms with Crippen LogP contribution in [-0.4, -0.2) is 35.6 Å². The van der Waals surface area contributed by atoms with Crippen molar-refractivity contribution in [3.05, 3.63) is 36.8 Å². The number of hydrogen-bond donors (Lipinski definition) is 3. The summed E-state index contributed by atoms with van der Waals surface area (Å²) in [5, 5.41) is 2.81. The number of imidazole rings is 1. The molecule has 0 aliphatic carbocycles. The molecular weight excluding hydrogens is 268 g/mol. The molecule has 1 aromatic heterocycles. The zero-order valence-corrected chi connectivity index (χ0v) is 12.0. The van der Waals surface area contributed by atoms with Crippen molar-refractivity contribution in [2.45, 2.75) is 18.9 Å². The number of aromatic amines is 1. The molecule has 0 aliphatic rings. The van der Waals surface area contributed by atoms with E-state index in [1.54, 1.807) is 19.6 Å². The number of carbonyl (C=O) groups is 1. The molecule has 0 aliphatic heterocycles. The number of H-pyrrole nitrogens is 1. The largest absolute Gasteiger partial charge is 0.385 e. The van der Waals surface area contributed by atoms with Crippen molar-refractivity contribution in [2.24, 2.45) is 5.73 Å². The first-order valence-electron chi connectivity index (χ1n) is 6.85. The molecule has 0 saturated heterocycles. The summed E-state index contributed by atoms with van der Waals surface area (Å²) < 4.78 is 4.94. The summed E-state index contributed by atoms with van der Waals surface area (Å²) in [5.74, 6) is -0.180. The van der Waals surface area contributed by atoms with E-state index in [-0.39, 0.29) is 5.91 Å². The van der Waals surface area contributed by atoms with Gasteiger partial charge in [0.2, 0.25) is 5.91 Å². The minimum atomic E-state index is -0.521. The van der Waals surface area contributed by atoms with Crippen LogP contribution in [0.5, 0.6) is 0 Å². The number of benzene rings is 1. The number of amides is 1. The van der Waals surface area contributed by atoms with Gasteiger partial charge >= 0.3 is 0 Å². The normalized spacial score (nSPS) is 12.1. The predicted octanol–water partition coefficient (Wildman–Crippen LogP) is 1.77. The molecule has 1 atom stereocenters. The fourth-order valence-electron chi connectivity index (χ4n) is 1.96. The van der Waals surface area contributed by atoms with E-state index in [0.29, 0.717) is 13.0 Å².